The molecule has 0 amide bonds. The molecule has 2 nitrogen and oxygen atoms in total. The fraction of sp³-hybridized carbons (Fsp3) is 0.368. The highest BCUT2D eigenvalue weighted by molar-refractivity contribution is 9.10. The predicted molar refractivity (Wildman–Crippen MR) is 95.2 cm³/mol. The van der Waals surface area contributed by atoms with E-state index in [-0.39, 0.29) is 5.82 Å². The predicted octanol–water partition coefficient (Wildman–Crippen LogP) is 4.81. The van der Waals surface area contributed by atoms with E-state index in [4.69, 9.17) is 0 Å². The van der Waals surface area contributed by atoms with Gasteiger partial charge in [-0.1, -0.05) is 34.5 Å². The van der Waals surface area contributed by atoms with Crippen LogP contribution in [0.4, 0.5) is 10.1 Å². The molecule has 120 valence electrons. The van der Waals surface area contributed by atoms with Gasteiger partial charge in [-0.25, -0.2) is 4.39 Å². The van der Waals surface area contributed by atoms with Gasteiger partial charge >= 0.3 is 0 Å². The summed E-state index contributed by atoms with van der Waals surface area (Å²) in [4.78, 5) is 0. The summed E-state index contributed by atoms with van der Waals surface area (Å²) in [5.41, 5.74) is 3.85. The Morgan fingerprint density at radius 1 is 1.13 bits per heavy atom. The summed E-state index contributed by atoms with van der Waals surface area (Å²) < 4.78 is 14.2. The van der Waals surface area contributed by atoms with E-state index in [1.54, 1.807) is 0 Å². The van der Waals surface area contributed by atoms with Gasteiger partial charge in [0.2, 0.25) is 0 Å². The molecule has 3 atom stereocenters. The van der Waals surface area contributed by atoms with Crippen molar-refractivity contribution in [2.45, 2.75) is 43.8 Å². The van der Waals surface area contributed by atoms with E-state index >= 15 is 0 Å². The van der Waals surface area contributed by atoms with Crippen molar-refractivity contribution >= 4 is 21.6 Å². The Labute approximate surface area is 144 Å². The minimum atomic E-state index is -0.176. The summed E-state index contributed by atoms with van der Waals surface area (Å²) in [6, 6.07) is 14.2. The third-order valence-electron chi connectivity index (χ3n) is 5.11. The van der Waals surface area contributed by atoms with Crippen LogP contribution in [-0.4, -0.2) is 12.1 Å². The lowest BCUT2D eigenvalue weighted by molar-refractivity contribution is 0.319. The van der Waals surface area contributed by atoms with E-state index in [1.165, 1.54) is 42.6 Å². The molecule has 2 aromatic carbocycles. The molecule has 1 saturated carbocycles. The van der Waals surface area contributed by atoms with Gasteiger partial charge in [-0.05, 0) is 54.3 Å². The number of rotatable bonds is 3. The van der Waals surface area contributed by atoms with Crippen LogP contribution in [0.3, 0.4) is 0 Å². The summed E-state index contributed by atoms with van der Waals surface area (Å²) in [7, 11) is 0. The Morgan fingerprint density at radius 3 is 2.78 bits per heavy atom. The standard InChI is InChI=1S/C19H20BrFN2/c20-13-6-9-17-16(10-13)15-2-1-3-18(19(15)23-17)22-11-12-4-7-14(21)8-5-12/h4-10,15,18-19,22-23H,1-3,11H2. The van der Waals surface area contributed by atoms with Crippen LogP contribution in [0.15, 0.2) is 46.9 Å². The lowest BCUT2D eigenvalue weighted by Crippen LogP contribution is -2.47. The number of hydrogen-bond acceptors (Lipinski definition) is 2. The Bertz CT molecular complexity index is 701. The number of benzene rings is 2. The van der Waals surface area contributed by atoms with Crippen molar-refractivity contribution < 1.29 is 4.39 Å². The largest absolute Gasteiger partial charge is 0.380 e. The number of hydrogen-bond donors (Lipinski definition) is 2. The quantitative estimate of drug-likeness (QED) is 0.805. The number of anilines is 1. The number of nitrogens with one attached hydrogen (secondary N) is 2. The maximum absolute atomic E-state index is 13.0. The molecule has 0 aromatic heterocycles. The van der Waals surface area contributed by atoms with E-state index in [0.717, 1.165) is 16.6 Å². The van der Waals surface area contributed by atoms with E-state index in [0.29, 0.717) is 18.0 Å². The van der Waals surface area contributed by atoms with Crippen LogP contribution >= 0.6 is 15.9 Å². The number of fused-ring (bicyclic) bond motifs is 3. The van der Waals surface area contributed by atoms with Gasteiger partial charge in [0.15, 0.2) is 0 Å². The third-order valence-corrected chi connectivity index (χ3v) is 5.61. The Hall–Kier alpha value is -1.39. The monoisotopic (exact) mass is 374 g/mol. The third kappa shape index (κ3) is 3.02. The van der Waals surface area contributed by atoms with E-state index in [1.807, 2.05) is 12.1 Å². The molecule has 4 heteroatoms. The molecular weight excluding hydrogens is 355 g/mol. The summed E-state index contributed by atoms with van der Waals surface area (Å²) in [6.45, 7) is 0.788. The zero-order valence-electron chi connectivity index (χ0n) is 12.9. The van der Waals surface area contributed by atoms with Crippen LogP contribution in [0.25, 0.3) is 0 Å². The summed E-state index contributed by atoms with van der Waals surface area (Å²) >= 11 is 3.59. The van der Waals surface area contributed by atoms with Gasteiger partial charge in [0.05, 0.1) is 0 Å². The summed E-state index contributed by atoms with van der Waals surface area (Å²) in [5.74, 6) is 0.409. The Balaban J connectivity index is 1.47. The first-order valence-electron chi connectivity index (χ1n) is 8.24. The van der Waals surface area contributed by atoms with Gasteiger partial charge in [0.1, 0.15) is 5.82 Å². The molecule has 2 N–H and O–H groups in total. The van der Waals surface area contributed by atoms with Crippen LogP contribution in [0.1, 0.15) is 36.3 Å². The minimum absolute atomic E-state index is 0.176. The van der Waals surface area contributed by atoms with Gasteiger partial charge in [-0.15, -0.1) is 0 Å². The van der Waals surface area contributed by atoms with Gasteiger partial charge in [0.25, 0.3) is 0 Å². The lowest BCUT2D eigenvalue weighted by atomic mass is 9.79. The molecule has 0 bridgehead atoms. The molecule has 1 aliphatic carbocycles. The highest BCUT2D eigenvalue weighted by Crippen LogP contribution is 2.44. The van der Waals surface area contributed by atoms with E-state index < -0.39 is 0 Å². The second kappa shape index (κ2) is 6.25. The Morgan fingerprint density at radius 2 is 1.96 bits per heavy atom. The van der Waals surface area contributed by atoms with Crippen molar-refractivity contribution in [3.05, 3.63) is 63.9 Å². The van der Waals surface area contributed by atoms with E-state index in [2.05, 4.69) is 44.8 Å². The van der Waals surface area contributed by atoms with Crippen LogP contribution < -0.4 is 10.6 Å². The lowest BCUT2D eigenvalue weighted by Gasteiger charge is -2.35. The SMILES string of the molecule is Fc1ccc(CNC2CCCC3c4cc(Br)ccc4NC23)cc1. The second-order valence-electron chi connectivity index (χ2n) is 6.55. The first-order chi connectivity index (χ1) is 11.2. The van der Waals surface area contributed by atoms with Crippen LogP contribution in [0, 0.1) is 5.82 Å². The molecule has 0 saturated heterocycles. The summed E-state index contributed by atoms with van der Waals surface area (Å²) in [5, 5.41) is 7.40. The fourth-order valence-electron chi connectivity index (χ4n) is 3.98. The molecule has 2 aromatic rings. The highest BCUT2D eigenvalue weighted by Gasteiger charge is 2.39. The summed E-state index contributed by atoms with van der Waals surface area (Å²) in [6.07, 6.45) is 3.68. The molecule has 23 heavy (non-hydrogen) atoms. The van der Waals surface area contributed by atoms with Crippen molar-refractivity contribution in [3.8, 4) is 0 Å². The van der Waals surface area contributed by atoms with Crippen molar-refractivity contribution in [3.63, 3.8) is 0 Å². The zero-order valence-corrected chi connectivity index (χ0v) is 14.4. The van der Waals surface area contributed by atoms with Gasteiger partial charge in [-0.3, -0.25) is 0 Å². The molecule has 1 fully saturated rings. The average molecular weight is 375 g/mol. The first-order valence-corrected chi connectivity index (χ1v) is 9.04. The number of halogens is 2. The highest BCUT2D eigenvalue weighted by atomic mass is 79.9. The maximum atomic E-state index is 13.0. The average Bonchev–Trinajstić information content (AvgIpc) is 2.93. The van der Waals surface area contributed by atoms with Crippen molar-refractivity contribution in [2.75, 3.05) is 5.32 Å². The molecule has 3 unspecified atom stereocenters. The van der Waals surface area contributed by atoms with Gasteiger partial charge in [-0.2, -0.15) is 0 Å². The Kier molecular flexibility index (Phi) is 4.12. The zero-order chi connectivity index (χ0) is 15.8. The van der Waals surface area contributed by atoms with Crippen LogP contribution in [0.5, 0.6) is 0 Å². The van der Waals surface area contributed by atoms with Crippen LogP contribution in [0.2, 0.25) is 0 Å². The fourth-order valence-corrected chi connectivity index (χ4v) is 4.36. The molecule has 4 rings (SSSR count). The van der Waals surface area contributed by atoms with Crippen LogP contribution in [-0.2, 0) is 6.54 Å². The topological polar surface area (TPSA) is 24.1 Å². The van der Waals surface area contributed by atoms with E-state index in [9.17, 15) is 4.39 Å². The van der Waals surface area contributed by atoms with Crippen molar-refractivity contribution in [1.29, 1.82) is 0 Å². The molecule has 1 aliphatic heterocycles. The molecular formula is C19H20BrFN2. The first kappa shape index (κ1) is 15.2. The molecule has 0 spiro atoms. The van der Waals surface area contributed by atoms with Gasteiger partial charge < -0.3 is 10.6 Å². The normalized spacial score (nSPS) is 25.6. The van der Waals surface area contributed by atoms with Crippen molar-refractivity contribution in [1.82, 2.24) is 5.32 Å². The maximum Gasteiger partial charge on any atom is 0.123 e. The second-order valence-corrected chi connectivity index (χ2v) is 7.47. The minimum Gasteiger partial charge on any atom is -0.380 e. The van der Waals surface area contributed by atoms with Gasteiger partial charge in [0, 0.05) is 34.7 Å². The molecule has 1 heterocycles. The molecule has 0 radical (unpaired) electrons. The smallest absolute Gasteiger partial charge is 0.123 e. The van der Waals surface area contributed by atoms with Crippen molar-refractivity contribution in [2.24, 2.45) is 0 Å². The molecule has 2 aliphatic rings.